The van der Waals surface area contributed by atoms with Crippen LogP contribution in [0.2, 0.25) is 0 Å². The van der Waals surface area contributed by atoms with Crippen LogP contribution in [0.1, 0.15) is 0 Å². The number of aliphatic carboxylic acids is 1. The third-order valence-corrected chi connectivity index (χ3v) is 0.175. The summed E-state index contributed by atoms with van der Waals surface area (Å²) >= 11 is 9.53. The van der Waals surface area contributed by atoms with Crippen LogP contribution in [0, 0.1) is 0 Å². The summed E-state index contributed by atoms with van der Waals surface area (Å²) in [7, 11) is 0. The third-order valence-electron chi connectivity index (χ3n) is 0.175. The highest BCUT2D eigenvalue weighted by Gasteiger charge is 1.81. The molecule has 0 fully saturated rings. The summed E-state index contributed by atoms with van der Waals surface area (Å²) in [6.07, 6.45) is 0. The molecule has 0 rings (SSSR count). The quantitative estimate of drug-likeness (QED) is 0.547. The van der Waals surface area contributed by atoms with E-state index < -0.39 is 5.97 Å². The fourth-order valence-corrected chi connectivity index (χ4v) is 0. The van der Waals surface area contributed by atoms with Gasteiger partial charge in [-0.05, 0) is 0 Å². The fourth-order valence-electron chi connectivity index (χ4n) is 0. The smallest absolute Gasteiger partial charge is 0.317 e. The second kappa shape index (κ2) is 10.1. The molecule has 0 heterocycles. The molecule has 8 heavy (non-hydrogen) atoms. The van der Waals surface area contributed by atoms with Crippen molar-refractivity contribution < 1.29 is 9.90 Å². The SMILES string of the molecule is ClCCl.NCC(=O)O. The molecule has 0 amide bonds. The van der Waals surface area contributed by atoms with Crippen LogP contribution >= 0.6 is 23.2 Å². The van der Waals surface area contributed by atoms with Gasteiger partial charge in [-0.1, -0.05) is 0 Å². The molecule has 0 atom stereocenters. The molecule has 0 spiro atoms. The van der Waals surface area contributed by atoms with E-state index in [1.807, 2.05) is 0 Å². The maximum Gasteiger partial charge on any atom is 0.317 e. The van der Waals surface area contributed by atoms with Crippen LogP contribution in [-0.2, 0) is 4.79 Å². The Labute approximate surface area is 57.4 Å². The van der Waals surface area contributed by atoms with Gasteiger partial charge in [0.25, 0.3) is 0 Å². The summed E-state index contributed by atoms with van der Waals surface area (Å²) in [5.74, 6) is -0.968. The highest BCUT2D eigenvalue weighted by atomic mass is 35.5. The van der Waals surface area contributed by atoms with Gasteiger partial charge < -0.3 is 10.8 Å². The molecule has 0 aliphatic carbocycles. The Hall–Kier alpha value is 0.01000. The Bertz CT molecular complexity index is 59.2. The molecule has 0 aliphatic rings. The van der Waals surface area contributed by atoms with E-state index in [0.717, 1.165) is 0 Å². The molecule has 3 N–H and O–H groups in total. The number of nitrogens with two attached hydrogens (primary N) is 1. The zero-order chi connectivity index (χ0) is 6.99. The van der Waals surface area contributed by atoms with Gasteiger partial charge in [-0.25, -0.2) is 0 Å². The molecule has 0 aromatic heterocycles. The predicted octanol–water partition coefficient (Wildman–Crippen LogP) is 0.451. The highest BCUT2D eigenvalue weighted by Crippen LogP contribution is 1.73. The van der Waals surface area contributed by atoms with Crippen LogP contribution in [-0.4, -0.2) is 23.0 Å². The Balaban J connectivity index is 0. The Morgan fingerprint density at radius 3 is 1.75 bits per heavy atom. The van der Waals surface area contributed by atoms with Gasteiger partial charge in [0.15, 0.2) is 0 Å². The van der Waals surface area contributed by atoms with E-state index in [0.29, 0.717) is 0 Å². The molecule has 0 radical (unpaired) electrons. The molecule has 0 aliphatic heterocycles. The maximum atomic E-state index is 9.24. The lowest BCUT2D eigenvalue weighted by atomic mass is 10.7. The van der Waals surface area contributed by atoms with E-state index in [1.54, 1.807) is 0 Å². The number of carboxylic acids is 1. The number of halogens is 2. The Morgan fingerprint density at radius 1 is 1.62 bits per heavy atom. The fraction of sp³-hybridized carbons (Fsp3) is 0.667. The number of rotatable bonds is 1. The molecular weight excluding hydrogens is 153 g/mol. The lowest BCUT2D eigenvalue weighted by Gasteiger charge is -1.73. The first-order valence-corrected chi connectivity index (χ1v) is 2.79. The van der Waals surface area contributed by atoms with Crippen LogP contribution in [0.25, 0.3) is 0 Å². The molecule has 0 bridgehead atoms. The zero-order valence-corrected chi connectivity index (χ0v) is 5.61. The molecule has 5 heteroatoms. The van der Waals surface area contributed by atoms with Crippen molar-refractivity contribution in [2.24, 2.45) is 5.73 Å². The summed E-state index contributed by atoms with van der Waals surface area (Å²) < 4.78 is 0. The number of alkyl halides is 2. The summed E-state index contributed by atoms with van der Waals surface area (Å²) in [5.41, 5.74) is 4.57. The van der Waals surface area contributed by atoms with Gasteiger partial charge in [-0.2, -0.15) is 0 Å². The average Bonchev–Trinajstić information content (AvgIpc) is 1.69. The first kappa shape index (κ1) is 10.9. The summed E-state index contributed by atoms with van der Waals surface area (Å²) in [6.45, 7) is -0.278. The van der Waals surface area contributed by atoms with Gasteiger partial charge >= 0.3 is 5.97 Å². The van der Waals surface area contributed by atoms with Crippen molar-refractivity contribution in [3.63, 3.8) is 0 Å². The van der Waals surface area contributed by atoms with Gasteiger partial charge in [0.1, 0.15) is 0 Å². The first-order valence-electron chi connectivity index (χ1n) is 1.72. The number of hydrogen-bond donors (Lipinski definition) is 2. The van der Waals surface area contributed by atoms with Gasteiger partial charge in [0, 0.05) is 0 Å². The lowest BCUT2D eigenvalue weighted by Crippen LogP contribution is -2.10. The van der Waals surface area contributed by atoms with Crippen molar-refractivity contribution >= 4 is 29.2 Å². The minimum Gasteiger partial charge on any atom is -0.480 e. The maximum absolute atomic E-state index is 9.24. The largest absolute Gasteiger partial charge is 0.480 e. The molecule has 0 aromatic carbocycles. The molecule has 0 saturated heterocycles. The van der Waals surface area contributed by atoms with E-state index in [-0.39, 0.29) is 11.9 Å². The molecule has 50 valence electrons. The monoisotopic (exact) mass is 159 g/mol. The van der Waals surface area contributed by atoms with Crippen molar-refractivity contribution in [3.8, 4) is 0 Å². The minimum atomic E-state index is -0.968. The molecule has 0 unspecified atom stereocenters. The van der Waals surface area contributed by atoms with Gasteiger partial charge in [-0.15, -0.1) is 23.2 Å². The van der Waals surface area contributed by atoms with Crippen molar-refractivity contribution in [1.29, 1.82) is 0 Å². The van der Waals surface area contributed by atoms with Gasteiger partial charge in [0.05, 0.1) is 11.9 Å². The van der Waals surface area contributed by atoms with Crippen molar-refractivity contribution in [1.82, 2.24) is 0 Å². The Morgan fingerprint density at radius 2 is 1.75 bits per heavy atom. The number of carbonyl (C=O) groups is 1. The predicted molar refractivity (Wildman–Crippen MR) is 33.3 cm³/mol. The zero-order valence-electron chi connectivity index (χ0n) is 4.10. The second-order valence-electron chi connectivity index (χ2n) is 0.699. The van der Waals surface area contributed by atoms with Gasteiger partial charge in [0.2, 0.25) is 0 Å². The average molecular weight is 160 g/mol. The summed E-state index contributed by atoms with van der Waals surface area (Å²) in [5, 5.41) is 7.79. The first-order chi connectivity index (χ1) is 3.68. The topological polar surface area (TPSA) is 63.3 Å². The van der Waals surface area contributed by atoms with E-state index >= 15 is 0 Å². The van der Waals surface area contributed by atoms with E-state index in [2.05, 4.69) is 5.73 Å². The second-order valence-corrected chi connectivity index (χ2v) is 1.51. The normalized spacial score (nSPS) is 6.88. The molecular formula is C3H7Cl2NO2. The van der Waals surface area contributed by atoms with E-state index in [1.165, 1.54) is 0 Å². The van der Waals surface area contributed by atoms with Crippen LogP contribution in [0.15, 0.2) is 0 Å². The van der Waals surface area contributed by atoms with Crippen molar-refractivity contribution in [2.45, 2.75) is 0 Å². The summed E-state index contributed by atoms with van der Waals surface area (Å²) in [4.78, 5) is 9.24. The standard InChI is InChI=1S/C2H5NO2.CH2Cl2/c3-1-2(4)5;2-1-3/h1,3H2,(H,4,5);1H2. The Kier molecular flexibility index (Phi) is 13.7. The summed E-state index contributed by atoms with van der Waals surface area (Å²) in [6, 6.07) is 0. The highest BCUT2D eigenvalue weighted by molar-refractivity contribution is 6.40. The van der Waals surface area contributed by atoms with Gasteiger partial charge in [-0.3, -0.25) is 4.79 Å². The van der Waals surface area contributed by atoms with Crippen molar-refractivity contribution in [2.75, 3.05) is 11.9 Å². The molecule has 3 nitrogen and oxygen atoms in total. The third kappa shape index (κ3) is 37.3. The van der Waals surface area contributed by atoms with Crippen LogP contribution in [0.4, 0.5) is 0 Å². The lowest BCUT2D eigenvalue weighted by molar-refractivity contribution is -0.135. The minimum absolute atomic E-state index is 0.194. The number of carboxylic acid groups (broad SMARTS) is 1. The number of hydrogen-bond acceptors (Lipinski definition) is 2. The van der Waals surface area contributed by atoms with Crippen LogP contribution in [0.5, 0.6) is 0 Å². The van der Waals surface area contributed by atoms with Crippen molar-refractivity contribution in [3.05, 3.63) is 0 Å². The van der Waals surface area contributed by atoms with E-state index in [9.17, 15) is 4.79 Å². The van der Waals surface area contributed by atoms with E-state index in [4.69, 9.17) is 28.3 Å². The molecule has 0 aromatic rings. The molecule has 0 saturated carbocycles. The van der Waals surface area contributed by atoms with Crippen LogP contribution in [0.3, 0.4) is 0 Å². The van der Waals surface area contributed by atoms with Crippen LogP contribution < -0.4 is 5.73 Å².